The van der Waals surface area contributed by atoms with Gasteiger partial charge in [-0.05, 0) is 29.2 Å². The van der Waals surface area contributed by atoms with Crippen molar-refractivity contribution in [2.45, 2.75) is 18.7 Å². The van der Waals surface area contributed by atoms with Crippen LogP contribution in [0.25, 0.3) is 0 Å². The number of ether oxygens (including phenoxy) is 1. The van der Waals surface area contributed by atoms with Gasteiger partial charge in [-0.2, -0.15) is 21.6 Å². The fourth-order valence-electron chi connectivity index (χ4n) is 1.27. The van der Waals surface area contributed by atoms with Crippen LogP contribution in [-0.4, -0.2) is 30.7 Å². The highest BCUT2D eigenvalue weighted by Crippen LogP contribution is 2.24. The minimum Gasteiger partial charge on any atom is -0.481 e. The van der Waals surface area contributed by atoms with Gasteiger partial charge in [-0.3, -0.25) is 0 Å². The summed E-state index contributed by atoms with van der Waals surface area (Å²) in [7, 11) is -5.76. The number of aliphatic hydroxyl groups is 2. The molecule has 6 nitrogen and oxygen atoms in total. The number of benzene rings is 1. The van der Waals surface area contributed by atoms with E-state index in [2.05, 4.69) is 4.18 Å². The highest BCUT2D eigenvalue weighted by molar-refractivity contribution is 7.87. The third-order valence-corrected chi connectivity index (χ3v) is 3.08. The van der Waals surface area contributed by atoms with Crippen molar-refractivity contribution < 1.29 is 40.7 Å². The maximum absolute atomic E-state index is 11.9. The van der Waals surface area contributed by atoms with Gasteiger partial charge in [-0.1, -0.05) is 6.07 Å². The Labute approximate surface area is 124 Å². The number of halogens is 3. The molecule has 1 aromatic rings. The Kier molecular flexibility index (Phi) is 6.04. The van der Waals surface area contributed by atoms with Crippen molar-refractivity contribution in [3.05, 3.63) is 29.3 Å². The van der Waals surface area contributed by atoms with Crippen LogP contribution in [0.5, 0.6) is 5.75 Å². The molecule has 0 aliphatic rings. The van der Waals surface area contributed by atoms with Crippen LogP contribution in [0.3, 0.4) is 0 Å². The van der Waals surface area contributed by atoms with Gasteiger partial charge < -0.3 is 19.1 Å². The summed E-state index contributed by atoms with van der Waals surface area (Å²) in [6.07, 6.45) is 1.38. The average Bonchev–Trinajstić information content (AvgIpc) is 2.45. The molecule has 0 unspecified atom stereocenters. The van der Waals surface area contributed by atoms with Crippen molar-refractivity contribution >= 4 is 10.1 Å². The molecule has 0 aliphatic carbocycles. The third-order valence-electron chi connectivity index (χ3n) is 2.21. The van der Waals surface area contributed by atoms with E-state index in [1.807, 2.05) is 5.92 Å². The van der Waals surface area contributed by atoms with Crippen LogP contribution in [0.1, 0.15) is 11.1 Å². The van der Waals surface area contributed by atoms with E-state index in [9.17, 15) is 21.6 Å². The summed E-state index contributed by atoms with van der Waals surface area (Å²) < 4.78 is 65.2. The lowest BCUT2D eigenvalue weighted by atomic mass is 10.1. The summed E-state index contributed by atoms with van der Waals surface area (Å²) in [6.45, 7) is -1.06. The van der Waals surface area contributed by atoms with Crippen LogP contribution in [0, 0.1) is 12.0 Å². The van der Waals surface area contributed by atoms with Gasteiger partial charge in [0, 0.05) is 0 Å². The molecule has 0 amide bonds. The SMILES string of the molecule is O=S(=O)(OC#CCOc1cc(CO)cc(CO)c1)C(F)(F)F. The summed E-state index contributed by atoms with van der Waals surface area (Å²) in [5.74, 6) is 2.14. The largest absolute Gasteiger partial charge is 0.535 e. The summed E-state index contributed by atoms with van der Waals surface area (Å²) in [5, 5.41) is 18.0. The third kappa shape index (κ3) is 5.10. The lowest BCUT2D eigenvalue weighted by Gasteiger charge is -2.07. The van der Waals surface area contributed by atoms with Crippen molar-refractivity contribution in [1.29, 1.82) is 0 Å². The molecule has 0 aliphatic heterocycles. The Morgan fingerprint density at radius 2 is 1.64 bits per heavy atom. The maximum atomic E-state index is 11.9. The zero-order chi connectivity index (χ0) is 16.8. The van der Waals surface area contributed by atoms with Gasteiger partial charge >= 0.3 is 15.6 Å². The Balaban J connectivity index is 2.64. The van der Waals surface area contributed by atoms with Crippen LogP contribution in [0.2, 0.25) is 0 Å². The van der Waals surface area contributed by atoms with Crippen LogP contribution >= 0.6 is 0 Å². The van der Waals surface area contributed by atoms with E-state index in [1.165, 1.54) is 24.3 Å². The monoisotopic (exact) mass is 340 g/mol. The zero-order valence-corrected chi connectivity index (χ0v) is 11.7. The molecule has 22 heavy (non-hydrogen) atoms. The predicted molar refractivity (Wildman–Crippen MR) is 67.6 cm³/mol. The van der Waals surface area contributed by atoms with Gasteiger partial charge in [0.25, 0.3) is 0 Å². The maximum Gasteiger partial charge on any atom is 0.535 e. The minimum atomic E-state index is -5.76. The van der Waals surface area contributed by atoms with Gasteiger partial charge in [-0.15, -0.1) is 0 Å². The van der Waals surface area contributed by atoms with Gasteiger partial charge in [0.2, 0.25) is 0 Å². The molecule has 1 rings (SSSR count). The molecular weight excluding hydrogens is 329 g/mol. The van der Waals surface area contributed by atoms with E-state index in [-0.39, 0.29) is 19.0 Å². The normalized spacial score (nSPS) is 11.5. The fraction of sp³-hybridized carbons (Fsp3) is 0.333. The van der Waals surface area contributed by atoms with E-state index < -0.39 is 22.2 Å². The first-order valence-electron chi connectivity index (χ1n) is 5.64. The first-order valence-corrected chi connectivity index (χ1v) is 7.05. The number of alkyl halides is 3. The summed E-state index contributed by atoms with van der Waals surface area (Å²) in [4.78, 5) is 0. The van der Waals surface area contributed by atoms with Crippen molar-refractivity contribution in [2.75, 3.05) is 6.61 Å². The van der Waals surface area contributed by atoms with Crippen LogP contribution in [-0.2, 0) is 27.5 Å². The van der Waals surface area contributed by atoms with Crippen LogP contribution in [0.15, 0.2) is 18.2 Å². The Bertz CT molecular complexity index is 650. The Morgan fingerprint density at radius 3 is 2.09 bits per heavy atom. The number of hydrogen-bond donors (Lipinski definition) is 2. The first-order chi connectivity index (χ1) is 10.2. The van der Waals surface area contributed by atoms with Crippen LogP contribution < -0.4 is 4.74 Å². The topological polar surface area (TPSA) is 93.1 Å². The number of rotatable bonds is 5. The molecule has 0 fully saturated rings. The van der Waals surface area contributed by atoms with Gasteiger partial charge in [0.05, 0.1) is 13.2 Å². The van der Waals surface area contributed by atoms with E-state index in [0.717, 1.165) is 0 Å². The summed E-state index contributed by atoms with van der Waals surface area (Å²) in [5.41, 5.74) is -4.65. The average molecular weight is 340 g/mol. The second kappa shape index (κ2) is 7.35. The molecule has 0 bridgehead atoms. The smallest absolute Gasteiger partial charge is 0.481 e. The van der Waals surface area contributed by atoms with E-state index >= 15 is 0 Å². The Hall–Kier alpha value is -1.96. The van der Waals surface area contributed by atoms with Crippen molar-refractivity contribution in [1.82, 2.24) is 0 Å². The minimum absolute atomic E-state index is 0.198. The molecule has 0 heterocycles. The van der Waals surface area contributed by atoms with Crippen molar-refractivity contribution in [3.8, 4) is 17.8 Å². The summed E-state index contributed by atoms with van der Waals surface area (Å²) in [6, 6.07) is 4.37. The molecule has 0 spiro atoms. The molecule has 0 saturated carbocycles. The van der Waals surface area contributed by atoms with Gasteiger partial charge in [-0.25, -0.2) is 0 Å². The molecular formula is C12H11F3O6S. The van der Waals surface area contributed by atoms with Gasteiger partial charge in [0.1, 0.15) is 11.9 Å². The molecule has 0 saturated heterocycles. The molecule has 122 valence electrons. The standard InChI is InChI=1S/C12H11F3O6S/c13-12(14,15)22(18,19)21-3-1-2-20-11-5-9(7-16)4-10(6-11)8-17/h4-6,16-17H,2,7-8H2. The van der Waals surface area contributed by atoms with Crippen molar-refractivity contribution in [2.24, 2.45) is 0 Å². The molecule has 0 atom stereocenters. The van der Waals surface area contributed by atoms with E-state index in [1.54, 1.807) is 0 Å². The van der Waals surface area contributed by atoms with Crippen molar-refractivity contribution in [3.63, 3.8) is 0 Å². The second-order valence-corrected chi connectivity index (χ2v) is 5.39. The first kappa shape index (κ1) is 18.1. The predicted octanol–water partition coefficient (Wildman–Crippen LogP) is 0.877. The number of hydrogen-bond acceptors (Lipinski definition) is 6. The molecule has 0 radical (unpaired) electrons. The van der Waals surface area contributed by atoms with Gasteiger partial charge in [0.15, 0.2) is 6.61 Å². The number of aliphatic hydroxyl groups excluding tert-OH is 2. The highest BCUT2D eigenvalue weighted by atomic mass is 32.2. The lowest BCUT2D eigenvalue weighted by Crippen LogP contribution is -2.23. The molecule has 0 aromatic heterocycles. The van der Waals surface area contributed by atoms with E-state index in [4.69, 9.17) is 14.9 Å². The fourth-order valence-corrected chi connectivity index (χ4v) is 1.54. The quantitative estimate of drug-likeness (QED) is 0.470. The lowest BCUT2D eigenvalue weighted by molar-refractivity contribution is -0.0509. The summed E-state index contributed by atoms with van der Waals surface area (Å²) >= 11 is 0. The molecule has 10 heteroatoms. The second-order valence-electron chi connectivity index (χ2n) is 3.85. The van der Waals surface area contributed by atoms with E-state index in [0.29, 0.717) is 11.1 Å². The van der Waals surface area contributed by atoms with Crippen LogP contribution in [0.4, 0.5) is 13.2 Å². The zero-order valence-electron chi connectivity index (χ0n) is 10.9. The molecule has 1 aromatic carbocycles. The molecule has 2 N–H and O–H groups in total. The highest BCUT2D eigenvalue weighted by Gasteiger charge is 2.48. The Morgan fingerprint density at radius 1 is 1.09 bits per heavy atom.